The second kappa shape index (κ2) is 11.8. The molecule has 1 fully saturated rings. The summed E-state index contributed by atoms with van der Waals surface area (Å²) in [6, 6.07) is 16.1. The lowest BCUT2D eigenvalue weighted by atomic mass is 9.99. The number of ether oxygens (including phenoxy) is 2. The van der Waals surface area contributed by atoms with Crippen molar-refractivity contribution in [2.45, 2.75) is 72.1 Å². The van der Waals surface area contributed by atoms with Crippen molar-refractivity contribution >= 4 is 18.5 Å². The second-order valence-corrected chi connectivity index (χ2v) is 12.7. The van der Waals surface area contributed by atoms with Crippen LogP contribution in [0.15, 0.2) is 48.7 Å². The van der Waals surface area contributed by atoms with E-state index in [1.165, 1.54) is 52.1 Å². The predicted molar refractivity (Wildman–Crippen MR) is 153 cm³/mol. The van der Waals surface area contributed by atoms with E-state index in [0.29, 0.717) is 17.6 Å². The number of hydrogen-bond acceptors (Lipinski definition) is 4. The van der Waals surface area contributed by atoms with Crippen LogP contribution in [0.2, 0.25) is 0 Å². The topological polar surface area (TPSA) is 43.4 Å². The minimum Gasteiger partial charge on any atom is -0.496 e. The Morgan fingerprint density at radius 2 is 1.44 bits per heavy atom. The lowest BCUT2D eigenvalue weighted by Crippen LogP contribution is -2.38. The molecule has 192 valence electrons. The highest BCUT2D eigenvalue weighted by molar-refractivity contribution is 7.73. The zero-order valence-electron chi connectivity index (χ0n) is 22.9. The van der Waals surface area contributed by atoms with Crippen LogP contribution in [0.3, 0.4) is 0 Å². The first-order valence-corrected chi connectivity index (χ1v) is 14.5. The molecule has 2 unspecified atom stereocenters. The molecule has 1 saturated carbocycles. The summed E-state index contributed by atoms with van der Waals surface area (Å²) in [5.74, 6) is 2.62. The molecule has 0 saturated heterocycles. The standard InChI is InChI=1S/C31H41N2O2P/c1-20-15-26(16-21(2)30(20)34-6)36(27-17-22(3)31(35-7)23(4)18-27)29-13-10-12-28(29)24(5)33-19-25-11-8-9-14-32-25/h8-9,11,14-18,24,28-29,33H,10,12-13,19H2,1-7H3/t24-,28?,29?/m1/s1. The first kappa shape index (κ1) is 26.6. The number of pyridine rings is 1. The van der Waals surface area contributed by atoms with E-state index in [1.807, 2.05) is 12.3 Å². The quantitative estimate of drug-likeness (QED) is 0.357. The molecule has 4 rings (SSSR count). The molecule has 5 heteroatoms. The molecule has 2 aromatic carbocycles. The molecule has 3 aromatic rings. The van der Waals surface area contributed by atoms with Gasteiger partial charge in [-0.2, -0.15) is 0 Å². The van der Waals surface area contributed by atoms with E-state index in [9.17, 15) is 0 Å². The van der Waals surface area contributed by atoms with Gasteiger partial charge in [0.15, 0.2) is 0 Å². The summed E-state index contributed by atoms with van der Waals surface area (Å²) < 4.78 is 11.4. The van der Waals surface area contributed by atoms with E-state index in [-0.39, 0.29) is 0 Å². The largest absolute Gasteiger partial charge is 0.496 e. The average Bonchev–Trinajstić information content (AvgIpc) is 3.32. The molecule has 3 atom stereocenters. The van der Waals surface area contributed by atoms with Crippen LogP contribution in [0, 0.1) is 33.6 Å². The Morgan fingerprint density at radius 3 is 1.92 bits per heavy atom. The number of aromatic nitrogens is 1. The third-order valence-corrected chi connectivity index (χ3v) is 10.6. The normalized spacial score (nSPS) is 18.4. The number of rotatable bonds is 9. The SMILES string of the molecule is COc1c(C)cc(P(c2cc(C)c(OC)c(C)c2)C2CCCC2[C@@H](C)NCc2ccccn2)cc1C. The summed E-state index contributed by atoms with van der Waals surface area (Å²) in [5, 5.41) is 6.73. The Bertz CT molecular complexity index is 1070. The monoisotopic (exact) mass is 504 g/mol. The van der Waals surface area contributed by atoms with Crippen LogP contribution in [0.25, 0.3) is 0 Å². The van der Waals surface area contributed by atoms with Crippen LogP contribution < -0.4 is 25.4 Å². The van der Waals surface area contributed by atoms with Gasteiger partial charge in [-0.25, -0.2) is 0 Å². The van der Waals surface area contributed by atoms with Crippen LogP contribution in [0.5, 0.6) is 11.5 Å². The van der Waals surface area contributed by atoms with Gasteiger partial charge < -0.3 is 14.8 Å². The van der Waals surface area contributed by atoms with Crippen molar-refractivity contribution in [3.63, 3.8) is 0 Å². The van der Waals surface area contributed by atoms with Crippen molar-refractivity contribution in [3.05, 3.63) is 76.6 Å². The first-order chi connectivity index (χ1) is 17.3. The van der Waals surface area contributed by atoms with Crippen molar-refractivity contribution in [2.75, 3.05) is 14.2 Å². The van der Waals surface area contributed by atoms with E-state index >= 15 is 0 Å². The van der Waals surface area contributed by atoms with Crippen molar-refractivity contribution in [3.8, 4) is 11.5 Å². The van der Waals surface area contributed by atoms with Gasteiger partial charge in [0.05, 0.1) is 19.9 Å². The summed E-state index contributed by atoms with van der Waals surface area (Å²) in [6.45, 7) is 11.9. The van der Waals surface area contributed by atoms with Crippen molar-refractivity contribution < 1.29 is 9.47 Å². The van der Waals surface area contributed by atoms with Crippen LogP contribution in [0.1, 0.15) is 54.1 Å². The molecular weight excluding hydrogens is 463 g/mol. The zero-order chi connectivity index (χ0) is 25.8. The van der Waals surface area contributed by atoms with E-state index in [2.05, 4.69) is 81.3 Å². The van der Waals surface area contributed by atoms with Gasteiger partial charge in [0, 0.05) is 18.8 Å². The summed E-state index contributed by atoms with van der Waals surface area (Å²) in [5.41, 5.74) is 6.60. The first-order valence-electron chi connectivity index (χ1n) is 13.1. The summed E-state index contributed by atoms with van der Waals surface area (Å²) in [6.07, 6.45) is 5.69. The van der Waals surface area contributed by atoms with Crippen LogP contribution in [-0.4, -0.2) is 30.9 Å². The Hall–Kier alpha value is -2.42. The van der Waals surface area contributed by atoms with Crippen LogP contribution in [-0.2, 0) is 6.54 Å². The molecule has 36 heavy (non-hydrogen) atoms. The fraction of sp³-hybridized carbons (Fsp3) is 0.452. The Kier molecular flexibility index (Phi) is 8.70. The number of methoxy groups -OCH3 is 2. The maximum Gasteiger partial charge on any atom is 0.124 e. The number of hydrogen-bond donors (Lipinski definition) is 1. The molecule has 0 amide bonds. The molecule has 0 spiro atoms. The maximum absolute atomic E-state index is 5.72. The molecule has 1 heterocycles. The van der Waals surface area contributed by atoms with Gasteiger partial charge in [-0.15, -0.1) is 0 Å². The van der Waals surface area contributed by atoms with Gasteiger partial charge >= 0.3 is 0 Å². The number of nitrogens with zero attached hydrogens (tertiary/aromatic N) is 1. The van der Waals surface area contributed by atoms with Crippen molar-refractivity contribution in [2.24, 2.45) is 5.92 Å². The van der Waals surface area contributed by atoms with Crippen LogP contribution in [0.4, 0.5) is 0 Å². The number of nitrogens with one attached hydrogen (secondary N) is 1. The Morgan fingerprint density at radius 1 is 0.889 bits per heavy atom. The molecule has 1 aromatic heterocycles. The lowest BCUT2D eigenvalue weighted by molar-refractivity contribution is 0.383. The summed E-state index contributed by atoms with van der Waals surface area (Å²) in [4.78, 5) is 4.52. The highest BCUT2D eigenvalue weighted by atomic mass is 31.1. The maximum atomic E-state index is 5.72. The fourth-order valence-corrected chi connectivity index (χ4v) is 9.73. The smallest absolute Gasteiger partial charge is 0.124 e. The molecule has 1 aliphatic carbocycles. The highest BCUT2D eigenvalue weighted by Gasteiger charge is 2.38. The summed E-state index contributed by atoms with van der Waals surface area (Å²) in [7, 11) is 2.99. The van der Waals surface area contributed by atoms with Gasteiger partial charge in [-0.05, 0) is 136 Å². The van der Waals surface area contributed by atoms with Crippen molar-refractivity contribution in [1.29, 1.82) is 0 Å². The van der Waals surface area contributed by atoms with E-state index < -0.39 is 7.92 Å². The highest BCUT2D eigenvalue weighted by Crippen LogP contribution is 2.52. The van der Waals surface area contributed by atoms with E-state index in [4.69, 9.17) is 9.47 Å². The molecule has 4 nitrogen and oxygen atoms in total. The molecule has 0 aliphatic heterocycles. The lowest BCUT2D eigenvalue weighted by Gasteiger charge is -2.34. The van der Waals surface area contributed by atoms with Gasteiger partial charge in [-0.1, -0.05) is 12.5 Å². The van der Waals surface area contributed by atoms with Crippen LogP contribution >= 0.6 is 7.92 Å². The molecule has 0 radical (unpaired) electrons. The van der Waals surface area contributed by atoms with E-state index in [1.54, 1.807) is 14.2 Å². The molecular formula is C31H41N2O2P. The van der Waals surface area contributed by atoms with E-state index in [0.717, 1.165) is 23.7 Å². The third kappa shape index (κ3) is 5.61. The van der Waals surface area contributed by atoms with Gasteiger partial charge in [0.25, 0.3) is 0 Å². The second-order valence-electron chi connectivity index (χ2n) is 10.2. The predicted octanol–water partition coefficient (Wildman–Crippen LogP) is 6.11. The molecule has 1 N–H and O–H groups in total. The third-order valence-electron chi connectivity index (χ3n) is 7.69. The minimum atomic E-state index is -0.555. The Balaban J connectivity index is 1.72. The minimum absolute atomic E-state index is 0.422. The number of aryl methyl sites for hydroxylation is 4. The molecule has 0 bridgehead atoms. The molecule has 1 aliphatic rings. The van der Waals surface area contributed by atoms with Gasteiger partial charge in [0.1, 0.15) is 11.5 Å². The average molecular weight is 505 g/mol. The van der Waals surface area contributed by atoms with Gasteiger partial charge in [-0.3, -0.25) is 4.98 Å². The Labute approximate surface area is 218 Å². The van der Waals surface area contributed by atoms with Gasteiger partial charge in [0.2, 0.25) is 0 Å². The zero-order valence-corrected chi connectivity index (χ0v) is 23.8. The van der Waals surface area contributed by atoms with Crippen molar-refractivity contribution in [1.82, 2.24) is 10.3 Å². The number of benzene rings is 2. The summed E-state index contributed by atoms with van der Waals surface area (Å²) >= 11 is 0. The fourth-order valence-electron chi connectivity index (χ4n) is 6.10.